The van der Waals surface area contributed by atoms with E-state index in [2.05, 4.69) is 31.2 Å². The lowest BCUT2D eigenvalue weighted by atomic mass is 10.1. The number of carbonyl (C=O) groups is 1. The van der Waals surface area contributed by atoms with Gasteiger partial charge in [-0.05, 0) is 38.5 Å². The number of hydrogen-bond acceptors (Lipinski definition) is 3. The molecule has 3 nitrogen and oxygen atoms in total. The van der Waals surface area contributed by atoms with Gasteiger partial charge in [-0.25, -0.2) is 0 Å². The topological polar surface area (TPSA) is 35.5 Å². The maximum atomic E-state index is 11.5. The molecule has 0 amide bonds. The van der Waals surface area contributed by atoms with Gasteiger partial charge in [-0.1, -0.05) is 63.3 Å². The molecule has 3 heteroatoms. The van der Waals surface area contributed by atoms with Crippen LogP contribution in [0.4, 0.5) is 0 Å². The Balaban J connectivity index is 3.25. The molecule has 0 heterocycles. The molecule has 0 spiro atoms. The van der Waals surface area contributed by atoms with Crippen molar-refractivity contribution >= 4 is 5.97 Å². The van der Waals surface area contributed by atoms with E-state index in [1.54, 1.807) is 7.11 Å². The van der Waals surface area contributed by atoms with Gasteiger partial charge in [-0.2, -0.15) is 0 Å². The van der Waals surface area contributed by atoms with Gasteiger partial charge in [0.1, 0.15) is 0 Å². The smallest absolute Gasteiger partial charge is 0.305 e. The lowest BCUT2D eigenvalue weighted by Gasteiger charge is -2.04. The fourth-order valence-corrected chi connectivity index (χ4v) is 2.54. The van der Waals surface area contributed by atoms with Crippen LogP contribution < -0.4 is 0 Å². The summed E-state index contributed by atoms with van der Waals surface area (Å²) >= 11 is 0. The number of ether oxygens (including phenoxy) is 2. The normalized spacial score (nSPS) is 11.6. The van der Waals surface area contributed by atoms with E-state index < -0.39 is 0 Å². The molecule has 146 valence electrons. The van der Waals surface area contributed by atoms with Crippen molar-refractivity contribution in [3.8, 4) is 0 Å². The molecule has 0 atom stereocenters. The first-order valence-corrected chi connectivity index (χ1v) is 10.3. The van der Waals surface area contributed by atoms with E-state index in [0.717, 1.165) is 25.7 Å². The highest BCUT2D eigenvalue weighted by molar-refractivity contribution is 5.69. The van der Waals surface area contributed by atoms with Gasteiger partial charge in [-0.3, -0.25) is 4.79 Å². The highest BCUT2D eigenvalue weighted by atomic mass is 16.5. The van der Waals surface area contributed by atoms with Gasteiger partial charge in [0.2, 0.25) is 0 Å². The summed E-state index contributed by atoms with van der Waals surface area (Å²) in [4.78, 5) is 11.5. The van der Waals surface area contributed by atoms with Gasteiger partial charge in [0, 0.05) is 26.6 Å². The summed E-state index contributed by atoms with van der Waals surface area (Å²) in [6.07, 6.45) is 23.7. The van der Waals surface area contributed by atoms with E-state index in [9.17, 15) is 4.79 Å². The average Bonchev–Trinajstić information content (AvgIpc) is 2.62. The Bertz CT molecular complexity index is 334. The average molecular weight is 353 g/mol. The van der Waals surface area contributed by atoms with Crippen molar-refractivity contribution in [1.29, 1.82) is 0 Å². The van der Waals surface area contributed by atoms with Gasteiger partial charge >= 0.3 is 5.97 Å². The maximum Gasteiger partial charge on any atom is 0.305 e. The Hall–Kier alpha value is -1.09. The lowest BCUT2D eigenvalue weighted by Crippen LogP contribution is -2.07. The minimum atomic E-state index is -0.0678. The van der Waals surface area contributed by atoms with Gasteiger partial charge in [0.25, 0.3) is 0 Å². The van der Waals surface area contributed by atoms with E-state index in [1.807, 2.05) is 0 Å². The Labute approximate surface area is 155 Å². The minimum absolute atomic E-state index is 0.0678. The second-order valence-electron chi connectivity index (χ2n) is 6.55. The van der Waals surface area contributed by atoms with Crippen LogP contribution in [0.1, 0.15) is 90.4 Å². The molecule has 0 aliphatic carbocycles. The predicted octanol–water partition coefficient (Wildman–Crippen LogP) is 6.38. The van der Waals surface area contributed by atoms with Gasteiger partial charge in [-0.15, -0.1) is 0 Å². The summed E-state index contributed by atoms with van der Waals surface area (Å²) in [5.74, 6) is -0.0678. The van der Waals surface area contributed by atoms with Crippen LogP contribution in [0.2, 0.25) is 0 Å². The highest BCUT2D eigenvalue weighted by Gasteiger charge is 2.01. The van der Waals surface area contributed by atoms with Crippen LogP contribution >= 0.6 is 0 Å². The summed E-state index contributed by atoms with van der Waals surface area (Å²) < 4.78 is 10.0. The molecule has 0 unspecified atom stereocenters. The van der Waals surface area contributed by atoms with E-state index in [1.165, 1.54) is 51.4 Å². The minimum Gasteiger partial charge on any atom is -0.466 e. The fourth-order valence-electron chi connectivity index (χ4n) is 2.54. The lowest BCUT2D eigenvalue weighted by molar-refractivity contribution is -0.144. The zero-order chi connectivity index (χ0) is 18.4. The molecular formula is C22H40O3. The van der Waals surface area contributed by atoms with Crippen LogP contribution in [0.25, 0.3) is 0 Å². The van der Waals surface area contributed by atoms with E-state index in [4.69, 9.17) is 9.47 Å². The van der Waals surface area contributed by atoms with Crippen LogP contribution in [-0.2, 0) is 14.3 Å². The first-order chi connectivity index (χ1) is 12.3. The standard InChI is InChI=1S/C22H40O3/c1-3-4-5-6-7-8-9-10-11-12-13-14-15-16-17-19-22(23)25-21-18-20-24-2/h7-8,10-11H,3-6,9,12-21H2,1-2H3/b8-7-,11-10-. The van der Waals surface area contributed by atoms with Gasteiger partial charge in [0.05, 0.1) is 6.61 Å². The second-order valence-corrected chi connectivity index (χ2v) is 6.55. The van der Waals surface area contributed by atoms with Gasteiger partial charge in [0.15, 0.2) is 0 Å². The van der Waals surface area contributed by atoms with Crippen LogP contribution in [0.5, 0.6) is 0 Å². The van der Waals surface area contributed by atoms with E-state index >= 15 is 0 Å². The van der Waals surface area contributed by atoms with Crippen molar-refractivity contribution in [2.24, 2.45) is 0 Å². The molecule has 0 N–H and O–H groups in total. The number of allylic oxidation sites excluding steroid dienone is 4. The number of unbranched alkanes of at least 4 members (excludes halogenated alkanes) is 8. The molecule has 25 heavy (non-hydrogen) atoms. The van der Waals surface area contributed by atoms with Crippen molar-refractivity contribution in [2.75, 3.05) is 20.3 Å². The summed E-state index contributed by atoms with van der Waals surface area (Å²) in [7, 11) is 1.66. The Morgan fingerprint density at radius 2 is 1.40 bits per heavy atom. The van der Waals surface area contributed by atoms with Crippen molar-refractivity contribution in [3.63, 3.8) is 0 Å². The zero-order valence-electron chi connectivity index (χ0n) is 16.6. The van der Waals surface area contributed by atoms with Gasteiger partial charge < -0.3 is 9.47 Å². The van der Waals surface area contributed by atoms with Crippen molar-refractivity contribution in [1.82, 2.24) is 0 Å². The predicted molar refractivity (Wildman–Crippen MR) is 107 cm³/mol. The number of carbonyl (C=O) groups excluding carboxylic acids is 1. The third-order valence-electron chi connectivity index (χ3n) is 4.09. The van der Waals surface area contributed by atoms with Crippen LogP contribution in [0.3, 0.4) is 0 Å². The van der Waals surface area contributed by atoms with Crippen LogP contribution in [-0.4, -0.2) is 26.3 Å². The molecule has 0 aliphatic heterocycles. The number of esters is 1. The molecule has 0 aromatic carbocycles. The number of hydrogen-bond donors (Lipinski definition) is 0. The largest absolute Gasteiger partial charge is 0.466 e. The van der Waals surface area contributed by atoms with Crippen molar-refractivity contribution in [3.05, 3.63) is 24.3 Å². The maximum absolute atomic E-state index is 11.5. The molecule has 0 rings (SSSR count). The Morgan fingerprint density at radius 3 is 2.08 bits per heavy atom. The monoisotopic (exact) mass is 352 g/mol. The zero-order valence-corrected chi connectivity index (χ0v) is 16.6. The van der Waals surface area contributed by atoms with Crippen molar-refractivity contribution in [2.45, 2.75) is 90.4 Å². The summed E-state index contributed by atoms with van der Waals surface area (Å²) in [5.41, 5.74) is 0. The number of rotatable bonds is 18. The second kappa shape index (κ2) is 21.0. The van der Waals surface area contributed by atoms with E-state index in [-0.39, 0.29) is 5.97 Å². The molecule has 0 bridgehead atoms. The Kier molecular flexibility index (Phi) is 20.0. The fraction of sp³-hybridized carbons (Fsp3) is 0.773. The number of methoxy groups -OCH3 is 1. The summed E-state index contributed by atoms with van der Waals surface area (Å²) in [5, 5.41) is 0. The Morgan fingerprint density at radius 1 is 0.760 bits per heavy atom. The highest BCUT2D eigenvalue weighted by Crippen LogP contribution is 2.08. The van der Waals surface area contributed by atoms with Crippen LogP contribution in [0, 0.1) is 0 Å². The molecule has 0 aromatic heterocycles. The molecule has 0 fully saturated rings. The third kappa shape index (κ3) is 20.9. The summed E-state index contributed by atoms with van der Waals surface area (Å²) in [6.45, 7) is 3.37. The quantitative estimate of drug-likeness (QED) is 0.163. The molecule has 0 aliphatic rings. The summed E-state index contributed by atoms with van der Waals surface area (Å²) in [6, 6.07) is 0. The SMILES string of the molecule is CCCCC/C=C\C/C=C\CCCCCCCC(=O)OCCCOC. The van der Waals surface area contributed by atoms with Crippen molar-refractivity contribution < 1.29 is 14.3 Å². The van der Waals surface area contributed by atoms with E-state index in [0.29, 0.717) is 19.6 Å². The molecule has 0 saturated heterocycles. The first kappa shape index (κ1) is 23.9. The first-order valence-electron chi connectivity index (χ1n) is 10.3. The molecule has 0 radical (unpaired) electrons. The molecule has 0 saturated carbocycles. The molecule has 0 aromatic rings. The third-order valence-corrected chi connectivity index (χ3v) is 4.09. The molecular weight excluding hydrogens is 312 g/mol. The van der Waals surface area contributed by atoms with Crippen LogP contribution in [0.15, 0.2) is 24.3 Å².